The van der Waals surface area contributed by atoms with Crippen LogP contribution in [0.3, 0.4) is 0 Å². The number of aryl methyl sites for hydroxylation is 1. The van der Waals surface area contributed by atoms with E-state index in [1.165, 1.54) is 25.0 Å². The Hall–Kier alpha value is -2.22. The highest BCUT2D eigenvalue weighted by atomic mass is 16.2. The molecule has 0 radical (unpaired) electrons. The van der Waals surface area contributed by atoms with Gasteiger partial charge in [0, 0.05) is 20.1 Å². The number of hydrogen-bond acceptors (Lipinski definition) is 5. The van der Waals surface area contributed by atoms with Crippen molar-refractivity contribution in [3.8, 4) is 0 Å². The van der Waals surface area contributed by atoms with Gasteiger partial charge in [0.15, 0.2) is 11.2 Å². The number of aromatic nitrogens is 4. The van der Waals surface area contributed by atoms with Crippen LogP contribution >= 0.6 is 0 Å². The molecule has 0 saturated carbocycles. The first-order valence-corrected chi connectivity index (χ1v) is 8.70. The maximum atomic E-state index is 12.6. The van der Waals surface area contributed by atoms with E-state index >= 15 is 0 Å². The minimum atomic E-state index is -0.414. The van der Waals surface area contributed by atoms with E-state index in [0.717, 1.165) is 24.0 Å². The van der Waals surface area contributed by atoms with Crippen LogP contribution in [0.1, 0.15) is 38.9 Å². The quantitative estimate of drug-likeness (QED) is 0.799. The SMILES string of the molecule is CC(=O)Cn1c(CN2CCCCC2C)nc2c1c(=O)n(C)c(=O)n2C. The van der Waals surface area contributed by atoms with Gasteiger partial charge in [-0.2, -0.15) is 0 Å². The molecule has 1 fully saturated rings. The number of nitrogens with zero attached hydrogens (tertiary/aromatic N) is 5. The van der Waals surface area contributed by atoms with Crippen molar-refractivity contribution in [2.24, 2.45) is 14.1 Å². The number of likely N-dealkylation sites (tertiary alicyclic amines) is 1. The van der Waals surface area contributed by atoms with Crippen LogP contribution < -0.4 is 11.2 Å². The summed E-state index contributed by atoms with van der Waals surface area (Å²) in [7, 11) is 3.05. The molecule has 1 aliphatic heterocycles. The fourth-order valence-corrected chi connectivity index (χ4v) is 3.58. The molecule has 0 N–H and O–H groups in total. The Balaban J connectivity index is 2.19. The smallest absolute Gasteiger partial charge is 0.314 e. The Bertz CT molecular complexity index is 936. The van der Waals surface area contributed by atoms with Crippen molar-refractivity contribution in [2.45, 2.75) is 52.2 Å². The molecule has 25 heavy (non-hydrogen) atoms. The fourth-order valence-electron chi connectivity index (χ4n) is 3.58. The molecule has 0 aliphatic carbocycles. The molecule has 1 aliphatic rings. The maximum absolute atomic E-state index is 12.6. The van der Waals surface area contributed by atoms with Gasteiger partial charge in [-0.3, -0.25) is 23.6 Å². The zero-order valence-electron chi connectivity index (χ0n) is 15.3. The first kappa shape index (κ1) is 17.6. The lowest BCUT2D eigenvalue weighted by Crippen LogP contribution is -2.38. The van der Waals surface area contributed by atoms with Crippen LogP contribution in [0.2, 0.25) is 0 Å². The lowest BCUT2D eigenvalue weighted by Gasteiger charge is -2.32. The molecule has 1 saturated heterocycles. The lowest BCUT2D eigenvalue weighted by atomic mass is 10.0. The molecule has 1 atom stereocenters. The maximum Gasteiger partial charge on any atom is 0.332 e. The number of hydrogen-bond donors (Lipinski definition) is 0. The van der Waals surface area contributed by atoms with Crippen LogP contribution in [-0.2, 0) is 32.0 Å². The Morgan fingerprint density at radius 2 is 1.92 bits per heavy atom. The number of ketones is 1. The molecule has 0 aromatic carbocycles. The van der Waals surface area contributed by atoms with E-state index in [2.05, 4.69) is 16.8 Å². The highest BCUT2D eigenvalue weighted by Crippen LogP contribution is 2.20. The van der Waals surface area contributed by atoms with Crippen molar-refractivity contribution in [1.29, 1.82) is 0 Å². The van der Waals surface area contributed by atoms with E-state index in [1.807, 2.05) is 0 Å². The zero-order chi connectivity index (χ0) is 18.3. The number of carbonyl (C=O) groups is 1. The van der Waals surface area contributed by atoms with Crippen molar-refractivity contribution in [3.05, 3.63) is 26.7 Å². The molecule has 0 amide bonds. The van der Waals surface area contributed by atoms with Gasteiger partial charge in [-0.25, -0.2) is 9.78 Å². The predicted octanol–water partition coefficient (Wildman–Crippen LogP) is 0.397. The normalized spacial score (nSPS) is 18.8. The average Bonchev–Trinajstić information content (AvgIpc) is 2.91. The minimum Gasteiger partial charge on any atom is -0.314 e. The van der Waals surface area contributed by atoms with E-state index in [0.29, 0.717) is 29.6 Å². The van der Waals surface area contributed by atoms with Crippen LogP contribution in [0, 0.1) is 0 Å². The third-order valence-corrected chi connectivity index (χ3v) is 5.09. The summed E-state index contributed by atoms with van der Waals surface area (Å²) < 4.78 is 4.12. The molecule has 3 rings (SSSR count). The molecule has 8 nitrogen and oxygen atoms in total. The summed E-state index contributed by atoms with van der Waals surface area (Å²) in [6.45, 7) is 5.31. The summed E-state index contributed by atoms with van der Waals surface area (Å²) in [5.74, 6) is 0.611. The number of Topliss-reactive ketones (excluding diaryl/α,β-unsaturated/α-hetero) is 1. The molecule has 0 spiro atoms. The summed E-state index contributed by atoms with van der Waals surface area (Å²) in [4.78, 5) is 43.5. The van der Waals surface area contributed by atoms with Gasteiger partial charge in [0.05, 0.1) is 13.1 Å². The molecular formula is C17H25N5O3. The first-order valence-electron chi connectivity index (χ1n) is 8.70. The lowest BCUT2D eigenvalue weighted by molar-refractivity contribution is -0.117. The number of carbonyl (C=O) groups excluding carboxylic acids is 1. The van der Waals surface area contributed by atoms with E-state index in [-0.39, 0.29) is 12.3 Å². The van der Waals surface area contributed by atoms with E-state index in [1.54, 1.807) is 11.6 Å². The topological polar surface area (TPSA) is 82.1 Å². The highest BCUT2D eigenvalue weighted by molar-refractivity contribution is 5.79. The number of imidazole rings is 1. The average molecular weight is 347 g/mol. The van der Waals surface area contributed by atoms with Gasteiger partial charge in [-0.1, -0.05) is 6.42 Å². The van der Waals surface area contributed by atoms with Crippen molar-refractivity contribution in [2.75, 3.05) is 6.54 Å². The van der Waals surface area contributed by atoms with E-state index in [4.69, 9.17) is 0 Å². The van der Waals surface area contributed by atoms with Crippen molar-refractivity contribution < 1.29 is 4.79 Å². The van der Waals surface area contributed by atoms with Gasteiger partial charge in [-0.05, 0) is 33.2 Å². The number of piperidine rings is 1. The first-order chi connectivity index (χ1) is 11.8. The second-order valence-electron chi connectivity index (χ2n) is 7.01. The van der Waals surface area contributed by atoms with Gasteiger partial charge in [0.2, 0.25) is 0 Å². The monoisotopic (exact) mass is 347 g/mol. The molecular weight excluding hydrogens is 322 g/mol. The zero-order valence-corrected chi connectivity index (χ0v) is 15.3. The van der Waals surface area contributed by atoms with E-state index in [9.17, 15) is 14.4 Å². The fraction of sp³-hybridized carbons (Fsp3) is 0.647. The van der Waals surface area contributed by atoms with Crippen LogP contribution in [0.15, 0.2) is 9.59 Å². The second kappa shape index (κ2) is 6.59. The summed E-state index contributed by atoms with van der Waals surface area (Å²) in [6, 6.07) is 0.436. The third-order valence-electron chi connectivity index (χ3n) is 5.09. The largest absolute Gasteiger partial charge is 0.332 e. The number of fused-ring (bicyclic) bond motifs is 1. The molecule has 136 valence electrons. The number of rotatable bonds is 4. The van der Waals surface area contributed by atoms with E-state index < -0.39 is 11.2 Å². The summed E-state index contributed by atoms with van der Waals surface area (Å²) in [5, 5.41) is 0. The van der Waals surface area contributed by atoms with Gasteiger partial charge in [-0.15, -0.1) is 0 Å². The standard InChI is InChI=1S/C17H25N5O3/c1-11-7-5-6-8-21(11)10-13-18-15-14(22(13)9-12(2)23)16(24)20(4)17(25)19(15)3/h11H,5-10H2,1-4H3. The molecule has 8 heteroatoms. The van der Waals surface area contributed by atoms with Gasteiger partial charge in [0.25, 0.3) is 5.56 Å². The summed E-state index contributed by atoms with van der Waals surface area (Å²) in [5.41, 5.74) is -0.166. The Morgan fingerprint density at radius 1 is 1.20 bits per heavy atom. The van der Waals surface area contributed by atoms with Crippen LogP contribution in [0.4, 0.5) is 0 Å². The van der Waals surface area contributed by atoms with Crippen molar-refractivity contribution >= 4 is 16.9 Å². The minimum absolute atomic E-state index is 0.0526. The van der Waals surface area contributed by atoms with Gasteiger partial charge < -0.3 is 4.57 Å². The Morgan fingerprint density at radius 3 is 2.56 bits per heavy atom. The Labute approximate surface area is 145 Å². The molecule has 0 bridgehead atoms. The van der Waals surface area contributed by atoms with Crippen LogP contribution in [0.5, 0.6) is 0 Å². The predicted molar refractivity (Wildman–Crippen MR) is 94.6 cm³/mol. The van der Waals surface area contributed by atoms with Crippen molar-refractivity contribution in [3.63, 3.8) is 0 Å². The van der Waals surface area contributed by atoms with Crippen LogP contribution in [0.25, 0.3) is 11.2 Å². The van der Waals surface area contributed by atoms with Crippen LogP contribution in [-0.4, -0.2) is 42.0 Å². The van der Waals surface area contributed by atoms with Gasteiger partial charge in [0.1, 0.15) is 11.6 Å². The van der Waals surface area contributed by atoms with Crippen molar-refractivity contribution in [1.82, 2.24) is 23.6 Å². The Kier molecular flexibility index (Phi) is 4.64. The second-order valence-corrected chi connectivity index (χ2v) is 7.01. The molecule has 2 aromatic rings. The summed E-state index contributed by atoms with van der Waals surface area (Å²) in [6.07, 6.45) is 3.49. The molecule has 2 aromatic heterocycles. The van der Waals surface area contributed by atoms with Gasteiger partial charge >= 0.3 is 5.69 Å². The highest BCUT2D eigenvalue weighted by Gasteiger charge is 2.24. The summed E-state index contributed by atoms with van der Waals surface area (Å²) >= 11 is 0. The molecule has 1 unspecified atom stereocenters. The molecule has 3 heterocycles. The third kappa shape index (κ3) is 3.06.